The van der Waals surface area contributed by atoms with Crippen molar-refractivity contribution < 1.29 is 17.6 Å². The topological polar surface area (TPSA) is 0 Å². The van der Waals surface area contributed by atoms with E-state index < -0.39 is 23.0 Å². The molecule has 134 valence electrons. The number of allylic oxidation sites excluding steroid dienone is 4. The lowest BCUT2D eigenvalue weighted by Crippen LogP contribution is -2.45. The van der Waals surface area contributed by atoms with Crippen molar-refractivity contribution in [3.63, 3.8) is 0 Å². The van der Waals surface area contributed by atoms with Gasteiger partial charge in [0.25, 0.3) is 0 Å². The van der Waals surface area contributed by atoms with Crippen LogP contribution in [0.4, 0.5) is 17.6 Å². The van der Waals surface area contributed by atoms with Crippen LogP contribution >= 0.6 is 0 Å². The van der Waals surface area contributed by atoms with Crippen molar-refractivity contribution in [1.82, 2.24) is 0 Å². The maximum atomic E-state index is 14.2. The lowest BCUT2D eigenvalue weighted by molar-refractivity contribution is -0.161. The van der Waals surface area contributed by atoms with Gasteiger partial charge in [-0.05, 0) is 44.1 Å². The molecule has 24 heavy (non-hydrogen) atoms. The highest BCUT2D eigenvalue weighted by atomic mass is 19.3. The summed E-state index contributed by atoms with van der Waals surface area (Å²) in [7, 11) is 0. The lowest BCUT2D eigenvalue weighted by Gasteiger charge is -2.31. The fourth-order valence-electron chi connectivity index (χ4n) is 3.58. The molecule has 0 heterocycles. The minimum atomic E-state index is -4.21. The van der Waals surface area contributed by atoms with Crippen molar-refractivity contribution in [3.8, 4) is 11.8 Å². The molecule has 4 heteroatoms. The molecule has 0 nitrogen and oxygen atoms in total. The Morgan fingerprint density at radius 2 is 1.62 bits per heavy atom. The number of rotatable bonds is 4. The average molecular weight is 342 g/mol. The van der Waals surface area contributed by atoms with Gasteiger partial charge in [0.1, 0.15) is 0 Å². The van der Waals surface area contributed by atoms with E-state index in [9.17, 15) is 17.6 Å². The second-order valence-electron chi connectivity index (χ2n) is 6.95. The zero-order chi connectivity index (χ0) is 17.8. The van der Waals surface area contributed by atoms with E-state index in [1.807, 2.05) is 0 Å². The van der Waals surface area contributed by atoms with Gasteiger partial charge in [0.15, 0.2) is 0 Å². The molecule has 0 aliphatic heterocycles. The van der Waals surface area contributed by atoms with Gasteiger partial charge in [-0.1, -0.05) is 51.0 Å². The molecule has 0 amide bonds. The van der Waals surface area contributed by atoms with E-state index >= 15 is 0 Å². The van der Waals surface area contributed by atoms with E-state index in [2.05, 4.69) is 18.8 Å². The Hall–Kier alpha value is -1.24. The molecule has 2 rings (SSSR count). The maximum Gasteiger partial charge on any atom is 0.346 e. The summed E-state index contributed by atoms with van der Waals surface area (Å²) in [4.78, 5) is 0. The largest absolute Gasteiger partial charge is 0.346 e. The molecule has 1 fully saturated rings. The highest BCUT2D eigenvalue weighted by Crippen LogP contribution is 2.48. The van der Waals surface area contributed by atoms with Crippen LogP contribution in [0, 0.1) is 23.7 Å². The van der Waals surface area contributed by atoms with Crippen molar-refractivity contribution in [1.29, 1.82) is 0 Å². The molecule has 0 N–H and O–H groups in total. The predicted molar refractivity (Wildman–Crippen MR) is 89.1 cm³/mol. The third-order valence-electron chi connectivity index (χ3n) is 5.06. The third-order valence-corrected chi connectivity index (χ3v) is 5.06. The van der Waals surface area contributed by atoms with Crippen molar-refractivity contribution in [2.24, 2.45) is 11.8 Å². The summed E-state index contributed by atoms with van der Waals surface area (Å²) in [6.07, 6.45) is 8.81. The molecule has 2 aliphatic rings. The molecule has 0 radical (unpaired) electrons. The Morgan fingerprint density at radius 1 is 0.958 bits per heavy atom. The molecule has 2 aliphatic carbocycles. The monoisotopic (exact) mass is 342 g/mol. The minimum absolute atomic E-state index is 0.0265. The van der Waals surface area contributed by atoms with Gasteiger partial charge in [0.05, 0.1) is 5.57 Å². The van der Waals surface area contributed by atoms with Gasteiger partial charge in [-0.2, -0.15) is 17.6 Å². The first-order chi connectivity index (χ1) is 11.3. The molecule has 0 aromatic heterocycles. The second-order valence-corrected chi connectivity index (χ2v) is 6.95. The van der Waals surface area contributed by atoms with Crippen LogP contribution in [0.1, 0.15) is 65.2 Å². The van der Waals surface area contributed by atoms with Crippen LogP contribution in [0.3, 0.4) is 0 Å². The van der Waals surface area contributed by atoms with E-state index in [-0.39, 0.29) is 12.3 Å². The zero-order valence-corrected chi connectivity index (χ0v) is 14.5. The van der Waals surface area contributed by atoms with E-state index in [1.165, 1.54) is 6.42 Å². The first kappa shape index (κ1) is 19.1. The minimum Gasteiger partial charge on any atom is -0.194 e. The van der Waals surface area contributed by atoms with Gasteiger partial charge in [-0.15, -0.1) is 0 Å². The van der Waals surface area contributed by atoms with E-state index in [0.29, 0.717) is 12.3 Å². The number of hydrogen-bond acceptors (Lipinski definition) is 0. The molecule has 0 spiro atoms. The SMILES string of the molecule is CCCC1=CC=C(C#CC2CCC(CCC)CC2)C(F)(F)C1(F)F. The van der Waals surface area contributed by atoms with Gasteiger partial charge in [-0.3, -0.25) is 0 Å². The Kier molecular flexibility index (Phi) is 6.17. The van der Waals surface area contributed by atoms with E-state index in [4.69, 9.17) is 0 Å². The highest BCUT2D eigenvalue weighted by Gasteiger charge is 2.61. The summed E-state index contributed by atoms with van der Waals surface area (Å²) in [5.74, 6) is -2.38. The summed E-state index contributed by atoms with van der Waals surface area (Å²) in [6, 6.07) is 0. The van der Waals surface area contributed by atoms with Crippen molar-refractivity contribution in [3.05, 3.63) is 23.3 Å². The average Bonchev–Trinajstić information content (AvgIpc) is 2.53. The molecule has 1 saturated carbocycles. The molecule has 0 atom stereocenters. The Labute approximate surface area is 142 Å². The van der Waals surface area contributed by atoms with Gasteiger partial charge in [0, 0.05) is 11.5 Å². The lowest BCUT2D eigenvalue weighted by atomic mass is 9.80. The smallest absolute Gasteiger partial charge is 0.194 e. The quantitative estimate of drug-likeness (QED) is 0.402. The first-order valence-electron chi connectivity index (χ1n) is 9.01. The number of hydrogen-bond donors (Lipinski definition) is 0. The molecule has 0 aromatic carbocycles. The molecule has 0 bridgehead atoms. The van der Waals surface area contributed by atoms with Crippen LogP contribution < -0.4 is 0 Å². The Balaban J connectivity index is 2.10. The van der Waals surface area contributed by atoms with Crippen LogP contribution in [0.25, 0.3) is 0 Å². The van der Waals surface area contributed by atoms with Gasteiger partial charge < -0.3 is 0 Å². The van der Waals surface area contributed by atoms with Crippen LogP contribution in [0.15, 0.2) is 23.3 Å². The van der Waals surface area contributed by atoms with Gasteiger partial charge >= 0.3 is 11.8 Å². The maximum absolute atomic E-state index is 14.2. The Bertz CT molecular complexity index is 552. The summed E-state index contributed by atoms with van der Waals surface area (Å²) >= 11 is 0. The highest BCUT2D eigenvalue weighted by molar-refractivity contribution is 5.47. The first-order valence-corrected chi connectivity index (χ1v) is 9.01. The molecular weight excluding hydrogens is 316 g/mol. The second kappa shape index (κ2) is 7.76. The zero-order valence-electron chi connectivity index (χ0n) is 14.5. The standard InChI is InChI=1S/C20H26F4/c1-3-5-15-7-9-16(10-8-15)11-12-18-14-13-17(6-4-2)19(21,22)20(18,23)24/h13-16H,3-10H2,1-2H3. The molecule has 0 unspecified atom stereocenters. The molecule has 0 saturated heterocycles. The van der Waals surface area contributed by atoms with E-state index in [1.54, 1.807) is 6.92 Å². The summed E-state index contributed by atoms with van der Waals surface area (Å²) in [5, 5.41) is 0. The summed E-state index contributed by atoms with van der Waals surface area (Å²) in [6.45, 7) is 3.85. The van der Waals surface area contributed by atoms with Crippen molar-refractivity contribution in [2.45, 2.75) is 77.1 Å². The van der Waals surface area contributed by atoms with Crippen LogP contribution in [0.5, 0.6) is 0 Å². The fraction of sp³-hybridized carbons (Fsp3) is 0.700. The van der Waals surface area contributed by atoms with Gasteiger partial charge in [0.2, 0.25) is 0 Å². The van der Waals surface area contributed by atoms with Gasteiger partial charge in [-0.25, -0.2) is 0 Å². The van der Waals surface area contributed by atoms with Crippen molar-refractivity contribution >= 4 is 0 Å². The van der Waals surface area contributed by atoms with Crippen LogP contribution in [-0.4, -0.2) is 11.8 Å². The number of halogens is 4. The third kappa shape index (κ3) is 3.87. The van der Waals surface area contributed by atoms with Crippen LogP contribution in [0.2, 0.25) is 0 Å². The molecular formula is C20H26F4. The number of alkyl halides is 4. The van der Waals surface area contributed by atoms with Crippen LogP contribution in [-0.2, 0) is 0 Å². The normalized spacial score (nSPS) is 28.4. The molecule has 0 aromatic rings. The fourth-order valence-corrected chi connectivity index (χ4v) is 3.58. The van der Waals surface area contributed by atoms with Crippen molar-refractivity contribution in [2.75, 3.05) is 0 Å². The summed E-state index contributed by atoms with van der Waals surface area (Å²) in [5.41, 5.74) is -1.25. The Morgan fingerprint density at radius 3 is 2.21 bits per heavy atom. The van der Waals surface area contributed by atoms with E-state index in [0.717, 1.165) is 44.3 Å². The predicted octanol–water partition coefficient (Wildman–Crippen LogP) is 6.53. The summed E-state index contributed by atoms with van der Waals surface area (Å²) < 4.78 is 56.5.